The van der Waals surface area contributed by atoms with Gasteiger partial charge in [-0.3, -0.25) is 14.7 Å². The molecule has 0 aromatic heterocycles. The van der Waals surface area contributed by atoms with E-state index in [1.54, 1.807) is 0 Å². The standard InChI is InChI=1S/C20H20ClN3O/c21-18-7-3-1-6-16(18)12-23-9-10-24(20(25)14-23)13-17-11-15-5-2-4-8-19(15)22-17/h1-8H,9-14H2. The smallest absolute Gasteiger partial charge is 0.237 e. The largest absolute Gasteiger partial charge is 0.335 e. The van der Waals surface area contributed by atoms with E-state index in [0.29, 0.717) is 19.6 Å². The number of nitrogens with zero attached hydrogens (tertiary/aromatic N) is 3. The Morgan fingerprint density at radius 2 is 1.80 bits per heavy atom. The van der Waals surface area contributed by atoms with Gasteiger partial charge in [-0.15, -0.1) is 0 Å². The van der Waals surface area contributed by atoms with Crippen LogP contribution in [-0.2, 0) is 17.8 Å². The molecular weight excluding hydrogens is 334 g/mol. The highest BCUT2D eigenvalue weighted by molar-refractivity contribution is 6.31. The van der Waals surface area contributed by atoms with E-state index >= 15 is 0 Å². The van der Waals surface area contributed by atoms with Gasteiger partial charge in [-0.2, -0.15) is 0 Å². The van der Waals surface area contributed by atoms with Gasteiger partial charge in [0.2, 0.25) is 5.91 Å². The first-order chi connectivity index (χ1) is 12.2. The van der Waals surface area contributed by atoms with E-state index in [9.17, 15) is 4.79 Å². The van der Waals surface area contributed by atoms with Crippen LogP contribution in [0.15, 0.2) is 53.5 Å². The summed E-state index contributed by atoms with van der Waals surface area (Å²) >= 11 is 6.23. The van der Waals surface area contributed by atoms with Crippen LogP contribution in [0.2, 0.25) is 5.02 Å². The Morgan fingerprint density at radius 3 is 2.60 bits per heavy atom. The average Bonchev–Trinajstić information content (AvgIpc) is 3.02. The molecule has 2 aromatic carbocycles. The van der Waals surface area contributed by atoms with Gasteiger partial charge in [0.1, 0.15) is 0 Å². The minimum Gasteiger partial charge on any atom is -0.335 e. The van der Waals surface area contributed by atoms with Crippen LogP contribution in [0.3, 0.4) is 0 Å². The molecule has 2 aromatic rings. The van der Waals surface area contributed by atoms with E-state index in [4.69, 9.17) is 11.6 Å². The highest BCUT2D eigenvalue weighted by Crippen LogP contribution is 2.26. The topological polar surface area (TPSA) is 35.9 Å². The summed E-state index contributed by atoms with van der Waals surface area (Å²) in [5, 5.41) is 0.760. The van der Waals surface area contributed by atoms with Crippen LogP contribution < -0.4 is 0 Å². The van der Waals surface area contributed by atoms with Gasteiger partial charge in [-0.25, -0.2) is 0 Å². The normalized spacial score (nSPS) is 17.6. The summed E-state index contributed by atoms with van der Waals surface area (Å²) in [5.74, 6) is 0.164. The summed E-state index contributed by atoms with van der Waals surface area (Å²) in [6.07, 6.45) is 0.850. The van der Waals surface area contributed by atoms with Gasteiger partial charge < -0.3 is 4.90 Å². The van der Waals surface area contributed by atoms with E-state index in [-0.39, 0.29) is 5.91 Å². The molecule has 0 radical (unpaired) electrons. The monoisotopic (exact) mass is 353 g/mol. The van der Waals surface area contributed by atoms with E-state index < -0.39 is 0 Å². The van der Waals surface area contributed by atoms with Crippen molar-refractivity contribution in [2.45, 2.75) is 13.0 Å². The van der Waals surface area contributed by atoms with Gasteiger partial charge in [-0.1, -0.05) is 48.0 Å². The molecule has 5 heteroatoms. The number of aliphatic imine (C=N–C) groups is 1. The first kappa shape index (κ1) is 16.3. The zero-order valence-corrected chi connectivity index (χ0v) is 14.7. The maximum absolute atomic E-state index is 12.5. The number of rotatable bonds is 4. The highest BCUT2D eigenvalue weighted by Gasteiger charge is 2.26. The minimum absolute atomic E-state index is 0.164. The lowest BCUT2D eigenvalue weighted by atomic mass is 10.1. The summed E-state index contributed by atoms with van der Waals surface area (Å²) in [5.41, 5.74) is 4.44. The molecule has 0 atom stereocenters. The Bertz CT molecular complexity index is 833. The van der Waals surface area contributed by atoms with E-state index in [1.165, 1.54) is 5.56 Å². The molecule has 0 spiro atoms. The third-order valence-corrected chi connectivity index (χ3v) is 5.16. The van der Waals surface area contributed by atoms with Gasteiger partial charge >= 0.3 is 0 Å². The van der Waals surface area contributed by atoms with Gasteiger partial charge in [0, 0.05) is 36.8 Å². The Labute approximate surface area is 152 Å². The maximum atomic E-state index is 12.5. The second-order valence-corrected chi connectivity index (χ2v) is 7.01. The van der Waals surface area contributed by atoms with Crippen molar-refractivity contribution in [2.75, 3.05) is 26.2 Å². The summed E-state index contributed by atoms with van der Waals surface area (Å²) in [6, 6.07) is 16.0. The molecule has 1 fully saturated rings. The third-order valence-electron chi connectivity index (χ3n) is 4.79. The van der Waals surface area contributed by atoms with Crippen molar-refractivity contribution in [3.63, 3.8) is 0 Å². The molecule has 1 amide bonds. The van der Waals surface area contributed by atoms with Crippen molar-refractivity contribution in [3.05, 3.63) is 64.7 Å². The van der Waals surface area contributed by atoms with Crippen molar-refractivity contribution in [3.8, 4) is 0 Å². The SMILES string of the molecule is O=C1CN(Cc2ccccc2Cl)CCN1CC1=Nc2ccccc2C1. The van der Waals surface area contributed by atoms with Crippen molar-refractivity contribution < 1.29 is 4.79 Å². The fourth-order valence-corrected chi connectivity index (χ4v) is 3.63. The summed E-state index contributed by atoms with van der Waals surface area (Å²) in [7, 11) is 0. The number of piperazine rings is 1. The molecule has 4 nitrogen and oxygen atoms in total. The molecule has 2 aliphatic heterocycles. The number of benzene rings is 2. The van der Waals surface area contributed by atoms with Crippen molar-refractivity contribution in [2.24, 2.45) is 4.99 Å². The number of hydrogen-bond acceptors (Lipinski definition) is 3. The zero-order chi connectivity index (χ0) is 17.2. The summed E-state index contributed by atoms with van der Waals surface area (Å²) < 4.78 is 0. The number of para-hydroxylation sites is 1. The number of amides is 1. The van der Waals surface area contributed by atoms with Crippen molar-refractivity contribution in [1.29, 1.82) is 0 Å². The average molecular weight is 354 g/mol. The molecule has 2 heterocycles. The molecule has 1 saturated heterocycles. The van der Waals surface area contributed by atoms with Crippen molar-refractivity contribution in [1.82, 2.24) is 9.80 Å². The molecule has 4 rings (SSSR count). The Morgan fingerprint density at radius 1 is 1.00 bits per heavy atom. The predicted molar refractivity (Wildman–Crippen MR) is 101 cm³/mol. The summed E-state index contributed by atoms with van der Waals surface area (Å²) in [4.78, 5) is 21.3. The number of halogens is 1. The number of hydrogen-bond donors (Lipinski definition) is 0. The lowest BCUT2D eigenvalue weighted by Gasteiger charge is -2.34. The molecule has 128 valence electrons. The van der Waals surface area contributed by atoms with Crippen molar-refractivity contribution >= 4 is 28.9 Å². The first-order valence-electron chi connectivity index (χ1n) is 8.57. The van der Waals surface area contributed by atoms with Gasteiger partial charge in [-0.05, 0) is 23.3 Å². The van der Waals surface area contributed by atoms with Crippen LogP contribution in [0, 0.1) is 0 Å². The summed E-state index contributed by atoms with van der Waals surface area (Å²) in [6.45, 7) is 3.38. The van der Waals surface area contributed by atoms with Crippen LogP contribution >= 0.6 is 11.6 Å². The molecule has 0 saturated carbocycles. The Kier molecular flexibility index (Phi) is 4.55. The number of fused-ring (bicyclic) bond motifs is 1. The third kappa shape index (κ3) is 3.60. The molecule has 0 bridgehead atoms. The van der Waals surface area contributed by atoms with E-state index in [1.807, 2.05) is 47.4 Å². The van der Waals surface area contributed by atoms with Crippen LogP contribution in [-0.4, -0.2) is 47.6 Å². The second-order valence-electron chi connectivity index (χ2n) is 6.60. The molecular formula is C20H20ClN3O. The Hall–Kier alpha value is -2.17. The quantitative estimate of drug-likeness (QED) is 0.845. The van der Waals surface area contributed by atoms with E-state index in [2.05, 4.69) is 16.0 Å². The van der Waals surface area contributed by atoms with Crippen LogP contribution in [0.25, 0.3) is 0 Å². The molecule has 0 aliphatic carbocycles. The van der Waals surface area contributed by atoms with Crippen LogP contribution in [0.5, 0.6) is 0 Å². The predicted octanol–water partition coefficient (Wildman–Crippen LogP) is 3.31. The molecule has 0 N–H and O–H groups in total. The maximum Gasteiger partial charge on any atom is 0.237 e. The highest BCUT2D eigenvalue weighted by atomic mass is 35.5. The van der Waals surface area contributed by atoms with Gasteiger partial charge in [0.25, 0.3) is 0 Å². The second kappa shape index (κ2) is 6.98. The number of carbonyl (C=O) groups is 1. The number of carbonyl (C=O) groups excluding carboxylic acids is 1. The lowest BCUT2D eigenvalue weighted by Crippen LogP contribution is -2.51. The Balaban J connectivity index is 1.35. The minimum atomic E-state index is 0.164. The fraction of sp³-hybridized carbons (Fsp3) is 0.300. The van der Waals surface area contributed by atoms with E-state index in [0.717, 1.165) is 41.5 Å². The molecule has 25 heavy (non-hydrogen) atoms. The lowest BCUT2D eigenvalue weighted by molar-refractivity contribution is -0.135. The zero-order valence-electron chi connectivity index (χ0n) is 14.0. The fourth-order valence-electron chi connectivity index (χ4n) is 3.44. The molecule has 2 aliphatic rings. The van der Waals surface area contributed by atoms with Crippen LogP contribution in [0.1, 0.15) is 11.1 Å². The van der Waals surface area contributed by atoms with Gasteiger partial charge in [0.15, 0.2) is 0 Å². The molecule has 0 unspecified atom stereocenters. The first-order valence-corrected chi connectivity index (χ1v) is 8.95. The van der Waals surface area contributed by atoms with Gasteiger partial charge in [0.05, 0.1) is 18.8 Å². The van der Waals surface area contributed by atoms with Crippen LogP contribution in [0.4, 0.5) is 5.69 Å².